The van der Waals surface area contributed by atoms with E-state index in [9.17, 15) is 17.2 Å². The van der Waals surface area contributed by atoms with Crippen molar-refractivity contribution in [2.24, 2.45) is 0 Å². The van der Waals surface area contributed by atoms with E-state index in [1.165, 1.54) is 24.3 Å². The van der Waals surface area contributed by atoms with Crippen LogP contribution in [0.4, 0.5) is 14.5 Å². The second-order valence-corrected chi connectivity index (χ2v) is 4.99. The molecule has 0 saturated carbocycles. The molecule has 0 fully saturated rings. The third-order valence-electron chi connectivity index (χ3n) is 1.84. The number of anilines is 1. The Morgan fingerprint density at radius 1 is 1.31 bits per heavy atom. The van der Waals surface area contributed by atoms with Crippen molar-refractivity contribution < 1.29 is 17.2 Å². The zero-order valence-electron chi connectivity index (χ0n) is 8.60. The van der Waals surface area contributed by atoms with Gasteiger partial charge in [0.05, 0.1) is 11.9 Å². The Hall–Kier alpha value is -1.43. The van der Waals surface area contributed by atoms with Gasteiger partial charge in [-0.25, -0.2) is 12.7 Å². The van der Waals surface area contributed by atoms with Crippen molar-refractivity contribution in [1.82, 2.24) is 0 Å². The Morgan fingerprint density at radius 2 is 1.81 bits per heavy atom. The fraction of sp³-hybridized carbons (Fsp3) is 0.200. The lowest BCUT2D eigenvalue weighted by Gasteiger charge is -2.28. The summed E-state index contributed by atoms with van der Waals surface area (Å²) in [6.07, 6.45) is 1.01. The summed E-state index contributed by atoms with van der Waals surface area (Å²) in [6, 6.07) is 3.50. The molecule has 0 amide bonds. The summed E-state index contributed by atoms with van der Waals surface area (Å²) in [5.41, 5.74) is -0.102. The molecule has 0 unspecified atom stereocenters. The molecule has 0 aliphatic heterocycles. The molecule has 1 aromatic carbocycles. The van der Waals surface area contributed by atoms with Gasteiger partial charge < -0.3 is 0 Å². The second-order valence-electron chi connectivity index (χ2n) is 3.15. The van der Waals surface area contributed by atoms with Gasteiger partial charge in [-0.15, -0.1) is 0 Å². The zero-order valence-corrected chi connectivity index (χ0v) is 9.42. The Kier molecular flexibility index (Phi) is 3.32. The number of hydrogen-bond donors (Lipinski definition) is 0. The summed E-state index contributed by atoms with van der Waals surface area (Å²) in [5.74, 6) is 0. The van der Waals surface area contributed by atoms with E-state index in [-0.39, 0.29) is 9.99 Å². The van der Waals surface area contributed by atoms with Crippen LogP contribution in [0.5, 0.6) is 0 Å². The SMILES string of the molecule is C=CC(F)(F)N(c1ccccc1)S(C)(=O)=O. The van der Waals surface area contributed by atoms with Crippen LogP contribution in [0.2, 0.25) is 0 Å². The van der Waals surface area contributed by atoms with E-state index in [0.717, 1.165) is 6.26 Å². The molecule has 0 bridgehead atoms. The van der Waals surface area contributed by atoms with Gasteiger partial charge in [-0.05, 0) is 12.1 Å². The van der Waals surface area contributed by atoms with Gasteiger partial charge >= 0.3 is 6.05 Å². The third-order valence-corrected chi connectivity index (χ3v) is 2.96. The summed E-state index contributed by atoms with van der Waals surface area (Å²) in [5, 5.41) is 0. The quantitative estimate of drug-likeness (QED) is 0.604. The van der Waals surface area contributed by atoms with Crippen molar-refractivity contribution in [2.75, 3.05) is 10.6 Å². The zero-order chi connectivity index (χ0) is 12.4. The normalized spacial score (nSPS) is 12.2. The Labute approximate surface area is 93.1 Å². The highest BCUT2D eigenvalue weighted by atomic mass is 32.2. The van der Waals surface area contributed by atoms with Crippen LogP contribution in [0.15, 0.2) is 43.0 Å². The van der Waals surface area contributed by atoms with E-state index in [1.807, 2.05) is 0 Å². The molecule has 0 radical (unpaired) electrons. The van der Waals surface area contributed by atoms with Crippen molar-refractivity contribution in [1.29, 1.82) is 0 Å². The maximum Gasteiger partial charge on any atom is 0.358 e. The molecule has 88 valence electrons. The monoisotopic (exact) mass is 247 g/mol. The van der Waals surface area contributed by atoms with E-state index in [1.54, 1.807) is 6.07 Å². The van der Waals surface area contributed by atoms with Gasteiger partial charge in [-0.3, -0.25) is 0 Å². The predicted molar refractivity (Wildman–Crippen MR) is 58.9 cm³/mol. The van der Waals surface area contributed by atoms with Crippen LogP contribution < -0.4 is 4.31 Å². The molecule has 0 heterocycles. The summed E-state index contributed by atoms with van der Waals surface area (Å²) < 4.78 is 49.6. The number of benzene rings is 1. The Balaban J connectivity index is 3.35. The van der Waals surface area contributed by atoms with Gasteiger partial charge in [0.25, 0.3) is 0 Å². The Morgan fingerprint density at radius 3 is 2.19 bits per heavy atom. The summed E-state index contributed by atoms with van der Waals surface area (Å²) in [6.45, 7) is 2.94. The van der Waals surface area contributed by atoms with Gasteiger partial charge in [0.15, 0.2) is 0 Å². The number of hydrogen-bond acceptors (Lipinski definition) is 2. The molecular formula is C10H11F2NO2S. The first-order valence-corrected chi connectivity index (χ1v) is 6.21. The molecule has 0 N–H and O–H groups in total. The number of para-hydroxylation sites is 1. The molecule has 3 nitrogen and oxygen atoms in total. The molecule has 1 rings (SSSR count). The highest BCUT2D eigenvalue weighted by Gasteiger charge is 2.40. The lowest BCUT2D eigenvalue weighted by Crippen LogP contribution is -2.44. The number of nitrogens with zero attached hydrogens (tertiary/aromatic N) is 1. The van der Waals surface area contributed by atoms with Crippen LogP contribution in [-0.4, -0.2) is 20.7 Å². The molecule has 16 heavy (non-hydrogen) atoms. The third kappa shape index (κ3) is 2.57. The average molecular weight is 247 g/mol. The number of alkyl halides is 2. The summed E-state index contributed by atoms with van der Waals surface area (Å²) in [7, 11) is -4.08. The topological polar surface area (TPSA) is 37.4 Å². The van der Waals surface area contributed by atoms with E-state index >= 15 is 0 Å². The largest absolute Gasteiger partial charge is 0.358 e. The van der Waals surface area contributed by atoms with E-state index in [0.29, 0.717) is 6.08 Å². The predicted octanol–water partition coefficient (Wildman–Crippen LogP) is 2.23. The van der Waals surface area contributed by atoms with Crippen LogP contribution in [0.3, 0.4) is 0 Å². The average Bonchev–Trinajstić information content (AvgIpc) is 2.17. The lowest BCUT2D eigenvalue weighted by atomic mass is 10.3. The van der Waals surface area contributed by atoms with Crippen LogP contribution in [0, 0.1) is 0 Å². The van der Waals surface area contributed by atoms with Gasteiger partial charge in [0.2, 0.25) is 10.0 Å². The minimum atomic E-state index is -4.08. The van der Waals surface area contributed by atoms with E-state index < -0.39 is 16.1 Å². The molecule has 0 saturated heterocycles. The first-order valence-electron chi connectivity index (χ1n) is 4.36. The molecule has 0 atom stereocenters. The van der Waals surface area contributed by atoms with Crippen molar-refractivity contribution >= 4 is 15.7 Å². The van der Waals surface area contributed by atoms with Gasteiger partial charge in [-0.1, -0.05) is 24.8 Å². The first kappa shape index (κ1) is 12.6. The van der Waals surface area contributed by atoms with Crippen LogP contribution >= 0.6 is 0 Å². The maximum absolute atomic E-state index is 13.4. The molecular weight excluding hydrogens is 236 g/mol. The van der Waals surface area contributed by atoms with Crippen LogP contribution in [0.1, 0.15) is 0 Å². The van der Waals surface area contributed by atoms with Gasteiger partial charge in [-0.2, -0.15) is 8.78 Å². The lowest BCUT2D eigenvalue weighted by molar-refractivity contribution is 0.0696. The number of halogens is 2. The van der Waals surface area contributed by atoms with Crippen molar-refractivity contribution in [3.63, 3.8) is 0 Å². The molecule has 0 aliphatic rings. The number of sulfonamides is 1. The smallest absolute Gasteiger partial charge is 0.207 e. The Bertz CT molecular complexity index is 471. The highest BCUT2D eigenvalue weighted by molar-refractivity contribution is 7.92. The maximum atomic E-state index is 13.4. The fourth-order valence-electron chi connectivity index (χ4n) is 1.23. The molecule has 1 aromatic rings. The number of rotatable bonds is 4. The van der Waals surface area contributed by atoms with Crippen molar-refractivity contribution in [3.8, 4) is 0 Å². The summed E-state index contributed by atoms with van der Waals surface area (Å²) >= 11 is 0. The highest BCUT2D eigenvalue weighted by Crippen LogP contribution is 2.30. The minimum absolute atomic E-state index is 0.0347. The molecule has 0 aromatic heterocycles. The second kappa shape index (κ2) is 4.21. The van der Waals surface area contributed by atoms with E-state index in [4.69, 9.17) is 0 Å². The van der Waals surface area contributed by atoms with Gasteiger partial charge in [0, 0.05) is 6.08 Å². The fourth-order valence-corrected chi connectivity index (χ4v) is 2.25. The molecule has 0 spiro atoms. The van der Waals surface area contributed by atoms with Crippen LogP contribution in [-0.2, 0) is 10.0 Å². The van der Waals surface area contributed by atoms with Gasteiger partial charge in [0.1, 0.15) is 0 Å². The van der Waals surface area contributed by atoms with Crippen LogP contribution in [0.25, 0.3) is 0 Å². The minimum Gasteiger partial charge on any atom is -0.207 e. The molecule has 0 aliphatic carbocycles. The van der Waals surface area contributed by atoms with Crippen molar-refractivity contribution in [2.45, 2.75) is 6.05 Å². The first-order chi connectivity index (χ1) is 7.29. The van der Waals surface area contributed by atoms with E-state index in [2.05, 4.69) is 6.58 Å². The van der Waals surface area contributed by atoms with Crippen molar-refractivity contribution in [3.05, 3.63) is 43.0 Å². The standard InChI is InChI=1S/C10H11F2NO2S/c1-3-10(11,12)13(16(2,14)15)9-7-5-4-6-8-9/h3-8H,1H2,2H3. The molecule has 6 heteroatoms. The summed E-state index contributed by atoms with van der Waals surface area (Å²) in [4.78, 5) is 0.